The number of nitrogens with zero attached hydrogens (tertiary/aromatic N) is 1. The molecule has 0 aliphatic carbocycles. The number of thiazole rings is 1. The minimum absolute atomic E-state index is 0.319. The van der Waals surface area contributed by atoms with E-state index < -0.39 is 5.91 Å². The Balaban J connectivity index is 2.34. The van der Waals surface area contributed by atoms with E-state index in [9.17, 15) is 4.79 Å². The third-order valence-electron chi connectivity index (χ3n) is 2.79. The second kappa shape index (κ2) is 4.89. The molecule has 0 saturated carbocycles. The molecule has 100 valence electrons. The quantitative estimate of drug-likeness (QED) is 0.746. The molecule has 5 nitrogen and oxygen atoms in total. The van der Waals surface area contributed by atoms with Crippen LogP contribution in [0.2, 0.25) is 0 Å². The molecule has 2 rings (SSSR count). The maximum Gasteiger partial charge on any atom is 0.250 e. The first kappa shape index (κ1) is 13.4. The predicted octanol–water partition coefficient (Wildman–Crippen LogP) is 2.17. The van der Waals surface area contributed by atoms with E-state index >= 15 is 0 Å². The fourth-order valence-corrected chi connectivity index (χ4v) is 2.53. The molecule has 0 aliphatic rings. The Kier molecular flexibility index (Phi) is 3.44. The van der Waals surface area contributed by atoms with E-state index in [1.165, 1.54) is 0 Å². The molecule has 0 unspecified atom stereocenters. The Morgan fingerprint density at radius 1 is 1.42 bits per heavy atom. The van der Waals surface area contributed by atoms with Gasteiger partial charge in [-0.15, -0.1) is 11.3 Å². The maximum atomic E-state index is 11.3. The molecule has 0 aliphatic heterocycles. The Morgan fingerprint density at radius 2 is 2.16 bits per heavy atom. The Hall–Kier alpha value is -2.08. The molecule has 0 spiro atoms. The van der Waals surface area contributed by atoms with Gasteiger partial charge in [0, 0.05) is 11.6 Å². The lowest BCUT2D eigenvalue weighted by molar-refractivity contribution is 0.100. The second-order valence-electron chi connectivity index (χ2n) is 4.72. The third-order valence-corrected chi connectivity index (χ3v) is 3.88. The minimum atomic E-state index is -0.534. The maximum absolute atomic E-state index is 11.3. The molecule has 6 heteroatoms. The second-order valence-corrected chi connectivity index (χ2v) is 5.61. The van der Waals surface area contributed by atoms with Crippen molar-refractivity contribution in [3.05, 3.63) is 40.3 Å². The number of rotatable bonds is 4. The highest BCUT2D eigenvalue weighted by Gasteiger charge is 2.24. The number of hydrogen-bond donors (Lipinski definition) is 3. The topological polar surface area (TPSA) is 94.0 Å². The largest absolute Gasteiger partial charge is 0.396 e. The molecule has 0 saturated heterocycles. The van der Waals surface area contributed by atoms with Crippen LogP contribution in [0.25, 0.3) is 0 Å². The normalized spacial score (nSPS) is 11.3. The van der Waals surface area contributed by atoms with Gasteiger partial charge < -0.3 is 16.8 Å². The number of nitrogens with two attached hydrogens (primary N) is 2. The first-order chi connectivity index (χ1) is 8.92. The number of benzene rings is 1. The van der Waals surface area contributed by atoms with Gasteiger partial charge in [-0.2, -0.15) is 0 Å². The number of carbonyl (C=O) groups excluding carboxylic acids is 1. The monoisotopic (exact) mass is 276 g/mol. The Morgan fingerprint density at radius 3 is 2.74 bits per heavy atom. The molecule has 0 fully saturated rings. The lowest BCUT2D eigenvalue weighted by Crippen LogP contribution is -2.28. The highest BCUT2D eigenvalue weighted by atomic mass is 32.1. The van der Waals surface area contributed by atoms with Gasteiger partial charge in [-0.3, -0.25) is 4.79 Å². The minimum Gasteiger partial charge on any atom is -0.396 e. The third kappa shape index (κ3) is 2.68. The summed E-state index contributed by atoms with van der Waals surface area (Å²) >= 11 is 1.56. The number of amides is 1. The van der Waals surface area contributed by atoms with E-state index in [4.69, 9.17) is 11.5 Å². The van der Waals surface area contributed by atoms with Crippen LogP contribution in [-0.2, 0) is 5.54 Å². The molecule has 5 N–H and O–H groups in total. The van der Waals surface area contributed by atoms with Crippen molar-refractivity contribution in [3.63, 3.8) is 0 Å². The first-order valence-electron chi connectivity index (χ1n) is 5.78. The van der Waals surface area contributed by atoms with E-state index in [1.54, 1.807) is 29.7 Å². The predicted molar refractivity (Wildman–Crippen MR) is 78.1 cm³/mol. The van der Waals surface area contributed by atoms with Crippen molar-refractivity contribution in [2.45, 2.75) is 19.4 Å². The zero-order valence-corrected chi connectivity index (χ0v) is 11.6. The van der Waals surface area contributed by atoms with Crippen molar-refractivity contribution in [1.29, 1.82) is 0 Å². The molecule has 1 aromatic heterocycles. The van der Waals surface area contributed by atoms with Crippen LogP contribution >= 0.6 is 11.3 Å². The van der Waals surface area contributed by atoms with Crippen LogP contribution in [0.4, 0.5) is 11.4 Å². The van der Waals surface area contributed by atoms with Gasteiger partial charge in [0.05, 0.1) is 22.5 Å². The number of aromatic nitrogens is 1. The summed E-state index contributed by atoms with van der Waals surface area (Å²) < 4.78 is 0. The summed E-state index contributed by atoms with van der Waals surface area (Å²) in [6, 6.07) is 5.17. The summed E-state index contributed by atoms with van der Waals surface area (Å²) in [4.78, 5) is 15.6. The first-order valence-corrected chi connectivity index (χ1v) is 6.66. The average Bonchev–Trinajstić information content (AvgIpc) is 2.85. The van der Waals surface area contributed by atoms with Crippen molar-refractivity contribution in [1.82, 2.24) is 4.98 Å². The fourth-order valence-electron chi connectivity index (χ4n) is 1.81. The summed E-state index contributed by atoms with van der Waals surface area (Å²) in [6.07, 6.45) is 1.76. The van der Waals surface area contributed by atoms with Crippen LogP contribution < -0.4 is 16.8 Å². The van der Waals surface area contributed by atoms with E-state index in [1.807, 2.05) is 25.3 Å². The number of carbonyl (C=O) groups is 1. The molecule has 0 radical (unpaired) electrons. The smallest absolute Gasteiger partial charge is 0.250 e. The van der Waals surface area contributed by atoms with Crippen LogP contribution in [-0.4, -0.2) is 10.9 Å². The summed E-state index contributed by atoms with van der Waals surface area (Å²) in [7, 11) is 0. The highest BCUT2D eigenvalue weighted by Crippen LogP contribution is 2.31. The molecule has 0 atom stereocenters. The lowest BCUT2D eigenvalue weighted by atomic mass is 10.0. The van der Waals surface area contributed by atoms with E-state index in [-0.39, 0.29) is 5.54 Å². The average molecular weight is 276 g/mol. The number of nitrogens with one attached hydrogen (secondary N) is 1. The molecule has 0 bridgehead atoms. The van der Waals surface area contributed by atoms with Crippen LogP contribution in [0.15, 0.2) is 29.8 Å². The summed E-state index contributed by atoms with van der Waals surface area (Å²) in [5, 5.41) is 6.16. The van der Waals surface area contributed by atoms with E-state index in [2.05, 4.69) is 10.3 Å². The molecule has 2 aromatic rings. The van der Waals surface area contributed by atoms with Crippen LogP contribution in [0, 0.1) is 0 Å². The van der Waals surface area contributed by atoms with Gasteiger partial charge >= 0.3 is 0 Å². The Bertz CT molecular complexity index is 593. The Labute approximate surface area is 115 Å². The fraction of sp³-hybridized carbons (Fsp3) is 0.231. The molecule has 1 amide bonds. The number of hydrogen-bond acceptors (Lipinski definition) is 5. The lowest BCUT2D eigenvalue weighted by Gasteiger charge is -2.26. The van der Waals surface area contributed by atoms with Crippen molar-refractivity contribution in [2.75, 3.05) is 11.1 Å². The van der Waals surface area contributed by atoms with Gasteiger partial charge in [-0.05, 0) is 26.0 Å². The van der Waals surface area contributed by atoms with Crippen molar-refractivity contribution >= 4 is 28.6 Å². The highest BCUT2D eigenvalue weighted by molar-refractivity contribution is 7.09. The van der Waals surface area contributed by atoms with Crippen LogP contribution in [0.3, 0.4) is 0 Å². The number of nitrogen functional groups attached to an aromatic ring is 1. The van der Waals surface area contributed by atoms with Crippen molar-refractivity contribution < 1.29 is 4.79 Å². The van der Waals surface area contributed by atoms with Gasteiger partial charge in [0.2, 0.25) is 0 Å². The SMILES string of the molecule is CC(C)(Nc1cccc(C(N)=O)c1N)c1nccs1. The molecule has 19 heavy (non-hydrogen) atoms. The zero-order valence-electron chi connectivity index (χ0n) is 10.8. The van der Waals surface area contributed by atoms with Gasteiger partial charge in [-0.1, -0.05) is 6.07 Å². The van der Waals surface area contributed by atoms with Crippen LogP contribution in [0.1, 0.15) is 29.2 Å². The standard InChI is InChI=1S/C13H16N4OS/c1-13(2,12-16-6-7-19-12)17-9-5-3-4-8(10(9)14)11(15)18/h3-7,17H,14H2,1-2H3,(H2,15,18). The van der Waals surface area contributed by atoms with Gasteiger partial charge in [0.15, 0.2) is 0 Å². The number of para-hydroxylation sites is 1. The van der Waals surface area contributed by atoms with Gasteiger partial charge in [-0.25, -0.2) is 4.98 Å². The molecular formula is C13H16N4OS. The molecule has 1 heterocycles. The summed E-state index contributed by atoms with van der Waals surface area (Å²) in [5.74, 6) is -0.534. The number of primary amides is 1. The van der Waals surface area contributed by atoms with Gasteiger partial charge in [0.1, 0.15) is 5.01 Å². The van der Waals surface area contributed by atoms with Gasteiger partial charge in [0.25, 0.3) is 5.91 Å². The zero-order chi connectivity index (χ0) is 14.0. The van der Waals surface area contributed by atoms with E-state index in [0.29, 0.717) is 16.9 Å². The summed E-state index contributed by atoms with van der Waals surface area (Å²) in [6.45, 7) is 4.00. The van der Waals surface area contributed by atoms with Crippen molar-refractivity contribution in [2.24, 2.45) is 5.73 Å². The van der Waals surface area contributed by atoms with E-state index in [0.717, 1.165) is 5.01 Å². The summed E-state index contributed by atoms with van der Waals surface area (Å²) in [5.41, 5.74) is 12.2. The number of anilines is 2. The molecule has 1 aromatic carbocycles. The van der Waals surface area contributed by atoms with Crippen LogP contribution in [0.5, 0.6) is 0 Å². The molecular weight excluding hydrogens is 260 g/mol. The van der Waals surface area contributed by atoms with Crippen molar-refractivity contribution in [3.8, 4) is 0 Å².